The van der Waals surface area contributed by atoms with E-state index in [1.807, 2.05) is 6.07 Å². The van der Waals surface area contributed by atoms with Gasteiger partial charge in [-0.15, -0.1) is 0 Å². The van der Waals surface area contributed by atoms with Crippen LogP contribution in [0, 0.1) is 0 Å². The first-order valence-electron chi connectivity index (χ1n) is 6.74. The van der Waals surface area contributed by atoms with Gasteiger partial charge in [0.25, 0.3) is 5.91 Å². The molecule has 4 heteroatoms. The van der Waals surface area contributed by atoms with E-state index in [0.717, 1.165) is 0 Å². The Balaban J connectivity index is 2.29. The molecule has 0 fully saturated rings. The molecular formula is C17H17NO3. The number of nitrogens with one attached hydrogen (secondary N) is 1. The van der Waals surface area contributed by atoms with Crippen LogP contribution in [0.1, 0.15) is 33.2 Å². The van der Waals surface area contributed by atoms with Gasteiger partial charge in [-0.3, -0.25) is 9.59 Å². The van der Waals surface area contributed by atoms with E-state index < -0.39 is 6.10 Å². The second-order valence-electron chi connectivity index (χ2n) is 4.80. The highest BCUT2D eigenvalue weighted by atomic mass is 16.3. The molecule has 1 atom stereocenters. The van der Waals surface area contributed by atoms with Crippen LogP contribution in [0.15, 0.2) is 54.6 Å². The lowest BCUT2D eigenvalue weighted by molar-refractivity contribution is 0.0915. The molecule has 0 radical (unpaired) electrons. The summed E-state index contributed by atoms with van der Waals surface area (Å²) in [5, 5.41) is 11.8. The Morgan fingerprint density at radius 1 is 1.00 bits per heavy atom. The van der Waals surface area contributed by atoms with Crippen molar-refractivity contribution < 1.29 is 14.7 Å². The van der Waals surface area contributed by atoms with Gasteiger partial charge in [0.2, 0.25) is 0 Å². The van der Waals surface area contributed by atoms with E-state index >= 15 is 0 Å². The Morgan fingerprint density at radius 2 is 1.57 bits per heavy atom. The van der Waals surface area contributed by atoms with E-state index in [4.69, 9.17) is 0 Å². The third-order valence-electron chi connectivity index (χ3n) is 3.01. The molecule has 0 heterocycles. The Hall–Kier alpha value is -2.46. The van der Waals surface area contributed by atoms with Gasteiger partial charge < -0.3 is 10.4 Å². The van der Waals surface area contributed by atoms with E-state index in [9.17, 15) is 14.7 Å². The van der Waals surface area contributed by atoms with Crippen LogP contribution in [-0.2, 0) is 0 Å². The minimum Gasteiger partial charge on any atom is -0.392 e. The SMILES string of the molecule is CC(O)CNC(=O)c1ccccc1C(=O)c1ccccc1. The van der Waals surface area contributed by atoms with Crippen LogP contribution in [0.5, 0.6) is 0 Å². The Bertz CT molecular complexity index is 635. The highest BCUT2D eigenvalue weighted by Gasteiger charge is 2.17. The highest BCUT2D eigenvalue weighted by Crippen LogP contribution is 2.14. The van der Waals surface area contributed by atoms with Crippen LogP contribution >= 0.6 is 0 Å². The number of benzene rings is 2. The number of amides is 1. The first kappa shape index (κ1) is 14.9. The largest absolute Gasteiger partial charge is 0.392 e. The van der Waals surface area contributed by atoms with E-state index in [2.05, 4.69) is 5.32 Å². The Morgan fingerprint density at radius 3 is 2.19 bits per heavy atom. The topological polar surface area (TPSA) is 66.4 Å². The van der Waals surface area contributed by atoms with Crippen molar-refractivity contribution >= 4 is 11.7 Å². The first-order valence-corrected chi connectivity index (χ1v) is 6.74. The number of ketones is 1. The fourth-order valence-electron chi connectivity index (χ4n) is 1.96. The second kappa shape index (κ2) is 6.81. The molecule has 21 heavy (non-hydrogen) atoms. The van der Waals surface area contributed by atoms with E-state index in [0.29, 0.717) is 16.7 Å². The molecule has 0 aromatic heterocycles. The van der Waals surface area contributed by atoms with Gasteiger partial charge in [-0.05, 0) is 13.0 Å². The molecule has 1 unspecified atom stereocenters. The summed E-state index contributed by atoms with van der Waals surface area (Å²) in [5.41, 5.74) is 1.20. The third-order valence-corrected chi connectivity index (χ3v) is 3.01. The number of carbonyl (C=O) groups excluding carboxylic acids is 2. The fraction of sp³-hybridized carbons (Fsp3) is 0.176. The lowest BCUT2D eigenvalue weighted by Crippen LogP contribution is -2.31. The normalized spacial score (nSPS) is 11.7. The summed E-state index contributed by atoms with van der Waals surface area (Å²) >= 11 is 0. The molecule has 2 N–H and O–H groups in total. The molecule has 0 saturated heterocycles. The summed E-state index contributed by atoms with van der Waals surface area (Å²) in [6.45, 7) is 1.73. The first-order chi connectivity index (χ1) is 10.1. The summed E-state index contributed by atoms with van der Waals surface area (Å²) in [6, 6.07) is 15.5. The van der Waals surface area contributed by atoms with Crippen LogP contribution in [0.4, 0.5) is 0 Å². The zero-order valence-electron chi connectivity index (χ0n) is 11.7. The van der Waals surface area contributed by atoms with Crippen LogP contribution in [0.2, 0.25) is 0 Å². The molecule has 0 spiro atoms. The lowest BCUT2D eigenvalue weighted by atomic mass is 9.98. The average molecular weight is 283 g/mol. The van der Waals surface area contributed by atoms with Gasteiger partial charge in [0.1, 0.15) is 0 Å². The van der Waals surface area contributed by atoms with Crippen molar-refractivity contribution in [2.24, 2.45) is 0 Å². The molecule has 2 aromatic rings. The summed E-state index contributed by atoms with van der Waals surface area (Å²) in [5.74, 6) is -0.561. The molecule has 4 nitrogen and oxygen atoms in total. The Kier molecular flexibility index (Phi) is 4.85. The number of carbonyl (C=O) groups is 2. The van der Waals surface area contributed by atoms with Gasteiger partial charge in [-0.2, -0.15) is 0 Å². The van der Waals surface area contributed by atoms with Crippen molar-refractivity contribution in [3.8, 4) is 0 Å². The van der Waals surface area contributed by atoms with Gasteiger partial charge in [0.15, 0.2) is 5.78 Å². The molecule has 0 saturated carbocycles. The maximum Gasteiger partial charge on any atom is 0.252 e. The monoisotopic (exact) mass is 283 g/mol. The Labute approximate surface area is 123 Å². The van der Waals surface area contributed by atoms with Gasteiger partial charge in [0.05, 0.1) is 11.7 Å². The van der Waals surface area contributed by atoms with Crippen LogP contribution < -0.4 is 5.32 Å². The van der Waals surface area contributed by atoms with Crippen LogP contribution in [0.25, 0.3) is 0 Å². The predicted octanol–water partition coefficient (Wildman–Crippen LogP) is 2.03. The maximum absolute atomic E-state index is 12.5. The third kappa shape index (κ3) is 3.77. The molecule has 2 aromatic carbocycles. The number of aliphatic hydroxyl groups is 1. The molecule has 1 amide bonds. The van der Waals surface area contributed by atoms with Gasteiger partial charge >= 0.3 is 0 Å². The lowest BCUT2D eigenvalue weighted by Gasteiger charge is -2.10. The van der Waals surface area contributed by atoms with Crippen molar-refractivity contribution in [3.05, 3.63) is 71.3 Å². The van der Waals surface area contributed by atoms with Crippen molar-refractivity contribution in [3.63, 3.8) is 0 Å². The minimum absolute atomic E-state index is 0.146. The highest BCUT2D eigenvalue weighted by molar-refractivity contribution is 6.15. The molecule has 2 rings (SSSR count). The number of aliphatic hydroxyl groups excluding tert-OH is 1. The van der Waals surface area contributed by atoms with E-state index in [1.165, 1.54) is 0 Å². The molecule has 0 aliphatic rings. The number of hydrogen-bond acceptors (Lipinski definition) is 3. The van der Waals surface area contributed by atoms with Gasteiger partial charge in [0, 0.05) is 17.7 Å². The van der Waals surface area contributed by atoms with Crippen molar-refractivity contribution in [1.82, 2.24) is 5.32 Å². The minimum atomic E-state index is -0.633. The summed E-state index contributed by atoms with van der Waals surface area (Å²) in [4.78, 5) is 24.6. The summed E-state index contributed by atoms with van der Waals surface area (Å²) in [7, 11) is 0. The maximum atomic E-state index is 12.5. The molecular weight excluding hydrogens is 266 g/mol. The zero-order valence-corrected chi connectivity index (χ0v) is 11.7. The van der Waals surface area contributed by atoms with Crippen molar-refractivity contribution in [1.29, 1.82) is 0 Å². The van der Waals surface area contributed by atoms with Crippen LogP contribution in [0.3, 0.4) is 0 Å². The summed E-state index contributed by atoms with van der Waals surface area (Å²) < 4.78 is 0. The van der Waals surface area contributed by atoms with Crippen molar-refractivity contribution in [2.45, 2.75) is 13.0 Å². The quantitative estimate of drug-likeness (QED) is 0.825. The van der Waals surface area contributed by atoms with Gasteiger partial charge in [-0.25, -0.2) is 0 Å². The van der Waals surface area contributed by atoms with E-state index in [-0.39, 0.29) is 18.2 Å². The molecule has 0 bridgehead atoms. The zero-order chi connectivity index (χ0) is 15.2. The predicted molar refractivity (Wildman–Crippen MR) is 80.3 cm³/mol. The standard InChI is InChI=1S/C17H17NO3/c1-12(19)11-18-17(21)15-10-6-5-9-14(15)16(20)13-7-3-2-4-8-13/h2-10,12,19H,11H2,1H3,(H,18,21). The number of hydrogen-bond donors (Lipinski definition) is 2. The molecule has 0 aliphatic heterocycles. The van der Waals surface area contributed by atoms with Crippen molar-refractivity contribution in [2.75, 3.05) is 6.54 Å². The number of rotatable bonds is 5. The smallest absolute Gasteiger partial charge is 0.252 e. The second-order valence-corrected chi connectivity index (χ2v) is 4.80. The van der Waals surface area contributed by atoms with Gasteiger partial charge in [-0.1, -0.05) is 48.5 Å². The molecule has 0 aliphatic carbocycles. The van der Waals surface area contributed by atoms with E-state index in [1.54, 1.807) is 55.5 Å². The average Bonchev–Trinajstić information content (AvgIpc) is 2.52. The molecule has 108 valence electrons. The van der Waals surface area contributed by atoms with Crippen LogP contribution in [-0.4, -0.2) is 29.4 Å². The fourth-order valence-corrected chi connectivity index (χ4v) is 1.96. The summed E-state index contributed by atoms with van der Waals surface area (Å²) in [6.07, 6.45) is -0.633.